The van der Waals surface area contributed by atoms with Crippen molar-refractivity contribution >= 4 is 17.9 Å². The molecule has 120 valence electrons. The van der Waals surface area contributed by atoms with Crippen LogP contribution in [-0.2, 0) is 6.42 Å². The van der Waals surface area contributed by atoms with E-state index in [9.17, 15) is 9.59 Å². The van der Waals surface area contributed by atoms with Crippen molar-refractivity contribution in [3.63, 3.8) is 0 Å². The Labute approximate surface area is 134 Å². The van der Waals surface area contributed by atoms with Gasteiger partial charge in [0.1, 0.15) is 5.75 Å². The van der Waals surface area contributed by atoms with E-state index in [-0.39, 0.29) is 0 Å². The van der Waals surface area contributed by atoms with Crippen molar-refractivity contribution in [3.8, 4) is 5.75 Å². The third-order valence-corrected chi connectivity index (χ3v) is 3.24. The molecule has 0 aromatic heterocycles. The third kappa shape index (κ3) is 5.03. The SMILES string of the molecule is CN(C(=O)Oc1ccc(CCNC(=O)O)cc1)c1ccccc1. The molecule has 0 aliphatic carbocycles. The summed E-state index contributed by atoms with van der Waals surface area (Å²) in [6.07, 6.45) is -0.944. The van der Waals surface area contributed by atoms with E-state index in [0.29, 0.717) is 18.7 Å². The van der Waals surface area contributed by atoms with Gasteiger partial charge in [0.05, 0.1) is 0 Å². The zero-order chi connectivity index (χ0) is 16.7. The van der Waals surface area contributed by atoms with Gasteiger partial charge in [0.15, 0.2) is 0 Å². The molecular formula is C17H18N2O4. The second-order valence-corrected chi connectivity index (χ2v) is 4.89. The average Bonchev–Trinajstić information content (AvgIpc) is 2.56. The number of amides is 2. The van der Waals surface area contributed by atoms with Gasteiger partial charge in [-0.05, 0) is 36.2 Å². The number of rotatable bonds is 5. The number of nitrogens with zero attached hydrogens (tertiary/aromatic N) is 1. The summed E-state index contributed by atoms with van der Waals surface area (Å²) in [6.45, 7) is 0.339. The fourth-order valence-electron chi connectivity index (χ4n) is 1.96. The lowest BCUT2D eigenvalue weighted by Crippen LogP contribution is -2.29. The zero-order valence-corrected chi connectivity index (χ0v) is 12.7. The molecule has 2 aromatic carbocycles. The molecule has 23 heavy (non-hydrogen) atoms. The fourth-order valence-corrected chi connectivity index (χ4v) is 1.96. The van der Waals surface area contributed by atoms with Crippen molar-refractivity contribution in [1.82, 2.24) is 5.32 Å². The zero-order valence-electron chi connectivity index (χ0n) is 12.7. The van der Waals surface area contributed by atoms with Crippen LogP contribution in [0.2, 0.25) is 0 Å². The van der Waals surface area contributed by atoms with Crippen LogP contribution in [0.1, 0.15) is 5.56 Å². The molecule has 0 aliphatic heterocycles. The van der Waals surface area contributed by atoms with Gasteiger partial charge in [-0.25, -0.2) is 9.59 Å². The summed E-state index contributed by atoms with van der Waals surface area (Å²) in [5, 5.41) is 10.8. The van der Waals surface area contributed by atoms with Crippen LogP contribution in [0.15, 0.2) is 54.6 Å². The van der Waals surface area contributed by atoms with Gasteiger partial charge in [0.2, 0.25) is 0 Å². The largest absolute Gasteiger partial charge is 0.465 e. The molecule has 0 saturated heterocycles. The number of anilines is 1. The normalized spacial score (nSPS) is 9.96. The standard InChI is InChI=1S/C17H18N2O4/c1-19(14-5-3-2-4-6-14)17(22)23-15-9-7-13(8-10-15)11-12-18-16(20)21/h2-10,18H,11-12H2,1H3,(H,20,21). The number of hydrogen-bond donors (Lipinski definition) is 2. The molecule has 0 saturated carbocycles. The molecular weight excluding hydrogens is 296 g/mol. The quantitative estimate of drug-likeness (QED) is 0.888. The van der Waals surface area contributed by atoms with Crippen molar-refractivity contribution < 1.29 is 19.4 Å². The van der Waals surface area contributed by atoms with Gasteiger partial charge in [0, 0.05) is 19.3 Å². The van der Waals surface area contributed by atoms with Gasteiger partial charge in [-0.15, -0.1) is 0 Å². The molecule has 2 aromatic rings. The highest BCUT2D eigenvalue weighted by Gasteiger charge is 2.12. The third-order valence-electron chi connectivity index (χ3n) is 3.24. The van der Waals surface area contributed by atoms with Crippen molar-refractivity contribution in [3.05, 3.63) is 60.2 Å². The molecule has 0 heterocycles. The van der Waals surface area contributed by atoms with Crippen LogP contribution in [-0.4, -0.2) is 30.9 Å². The smallest absolute Gasteiger partial charge is 0.419 e. The first kappa shape index (κ1) is 16.4. The second kappa shape index (κ2) is 7.84. The highest BCUT2D eigenvalue weighted by atomic mass is 16.6. The Morgan fingerprint density at radius 3 is 2.35 bits per heavy atom. The van der Waals surface area contributed by atoms with Gasteiger partial charge >= 0.3 is 12.2 Å². The van der Waals surface area contributed by atoms with Crippen molar-refractivity contribution in [1.29, 1.82) is 0 Å². The Bertz CT molecular complexity index is 656. The van der Waals surface area contributed by atoms with Crippen molar-refractivity contribution in [2.24, 2.45) is 0 Å². The Morgan fingerprint density at radius 2 is 1.74 bits per heavy atom. The van der Waals surface area contributed by atoms with Gasteiger partial charge in [-0.1, -0.05) is 30.3 Å². The lowest BCUT2D eigenvalue weighted by molar-refractivity contribution is 0.194. The minimum atomic E-state index is -1.04. The second-order valence-electron chi connectivity index (χ2n) is 4.89. The summed E-state index contributed by atoms with van der Waals surface area (Å²) in [5.74, 6) is 0.438. The number of carboxylic acid groups (broad SMARTS) is 1. The molecule has 2 N–H and O–H groups in total. The van der Waals surface area contributed by atoms with E-state index in [2.05, 4.69) is 5.32 Å². The summed E-state index contributed by atoms with van der Waals surface area (Å²) in [7, 11) is 1.64. The van der Waals surface area contributed by atoms with Crippen molar-refractivity contribution in [2.75, 3.05) is 18.5 Å². The Morgan fingerprint density at radius 1 is 1.09 bits per heavy atom. The van der Waals surface area contributed by atoms with Crippen LogP contribution in [0.25, 0.3) is 0 Å². The van der Waals surface area contributed by atoms with E-state index in [4.69, 9.17) is 9.84 Å². The van der Waals surface area contributed by atoms with E-state index in [1.807, 2.05) is 30.3 Å². The lowest BCUT2D eigenvalue weighted by atomic mass is 10.1. The number of nitrogens with one attached hydrogen (secondary N) is 1. The Hall–Kier alpha value is -3.02. The number of ether oxygens (including phenoxy) is 1. The van der Waals surface area contributed by atoms with E-state index in [1.165, 1.54) is 4.90 Å². The molecule has 0 radical (unpaired) electrons. The molecule has 0 unspecified atom stereocenters. The maximum absolute atomic E-state index is 12.1. The van der Waals surface area contributed by atoms with E-state index < -0.39 is 12.2 Å². The first-order valence-corrected chi connectivity index (χ1v) is 7.12. The van der Waals surface area contributed by atoms with Crippen LogP contribution < -0.4 is 15.0 Å². The molecule has 2 rings (SSSR count). The molecule has 6 nitrogen and oxygen atoms in total. The molecule has 0 fully saturated rings. The topological polar surface area (TPSA) is 78.9 Å². The van der Waals surface area contributed by atoms with Gasteiger partial charge < -0.3 is 15.2 Å². The van der Waals surface area contributed by atoms with Gasteiger partial charge in [0.25, 0.3) is 0 Å². The lowest BCUT2D eigenvalue weighted by Gasteiger charge is -2.16. The first-order chi connectivity index (χ1) is 11.1. The summed E-state index contributed by atoms with van der Waals surface area (Å²) < 4.78 is 5.31. The maximum atomic E-state index is 12.1. The van der Waals surface area contributed by atoms with Crippen LogP contribution in [0.5, 0.6) is 5.75 Å². The fraction of sp³-hybridized carbons (Fsp3) is 0.176. The van der Waals surface area contributed by atoms with Crippen LogP contribution >= 0.6 is 0 Å². The summed E-state index contributed by atoms with van der Waals surface area (Å²) in [4.78, 5) is 23.9. The number of hydrogen-bond acceptors (Lipinski definition) is 3. The predicted octanol–water partition coefficient (Wildman–Crippen LogP) is 3.13. The Kier molecular flexibility index (Phi) is 5.57. The molecule has 0 bridgehead atoms. The van der Waals surface area contributed by atoms with E-state index in [1.54, 1.807) is 31.3 Å². The number of carbonyl (C=O) groups is 2. The Balaban J connectivity index is 1.90. The number of benzene rings is 2. The highest BCUT2D eigenvalue weighted by molar-refractivity contribution is 5.88. The summed E-state index contributed by atoms with van der Waals surface area (Å²) >= 11 is 0. The molecule has 0 aliphatic rings. The molecule has 2 amide bonds. The van der Waals surface area contributed by atoms with Crippen LogP contribution in [0.3, 0.4) is 0 Å². The maximum Gasteiger partial charge on any atom is 0.419 e. The molecule has 6 heteroatoms. The highest BCUT2D eigenvalue weighted by Crippen LogP contribution is 2.16. The van der Waals surface area contributed by atoms with Crippen LogP contribution in [0, 0.1) is 0 Å². The monoisotopic (exact) mass is 314 g/mol. The number of para-hydroxylation sites is 1. The molecule has 0 spiro atoms. The van der Waals surface area contributed by atoms with Crippen LogP contribution in [0.4, 0.5) is 15.3 Å². The van der Waals surface area contributed by atoms with Crippen molar-refractivity contribution in [2.45, 2.75) is 6.42 Å². The summed E-state index contributed by atoms with van der Waals surface area (Å²) in [6, 6.07) is 16.2. The number of carbonyl (C=O) groups excluding carboxylic acids is 1. The minimum absolute atomic E-state index is 0.339. The average molecular weight is 314 g/mol. The minimum Gasteiger partial charge on any atom is -0.465 e. The summed E-state index contributed by atoms with van der Waals surface area (Å²) in [5.41, 5.74) is 1.70. The van der Waals surface area contributed by atoms with E-state index >= 15 is 0 Å². The van der Waals surface area contributed by atoms with E-state index in [0.717, 1.165) is 11.3 Å². The molecule has 0 atom stereocenters. The first-order valence-electron chi connectivity index (χ1n) is 7.12. The van der Waals surface area contributed by atoms with Gasteiger partial charge in [-0.3, -0.25) is 4.90 Å². The predicted molar refractivity (Wildman–Crippen MR) is 87.0 cm³/mol. The van der Waals surface area contributed by atoms with Gasteiger partial charge in [-0.2, -0.15) is 0 Å².